The summed E-state index contributed by atoms with van der Waals surface area (Å²) in [5.74, 6) is 1.08. The Hall–Kier alpha value is -3.69. The number of phenols is 2. The number of H-pyrrole nitrogens is 1. The molecule has 31 heavy (non-hydrogen) atoms. The van der Waals surface area contributed by atoms with Gasteiger partial charge in [-0.05, 0) is 77.8 Å². The second-order valence-electron chi connectivity index (χ2n) is 6.56. The minimum atomic E-state index is 0.188. The van der Waals surface area contributed by atoms with Crippen LogP contribution in [0.2, 0.25) is 0 Å². The Labute approximate surface area is 185 Å². The predicted molar refractivity (Wildman–Crippen MR) is 120 cm³/mol. The molecular formula is C22H15N5O2S2. The molecule has 0 unspecified atom stereocenters. The van der Waals surface area contributed by atoms with Gasteiger partial charge in [0.2, 0.25) is 5.16 Å². The van der Waals surface area contributed by atoms with E-state index in [0.717, 1.165) is 16.0 Å². The van der Waals surface area contributed by atoms with Crippen LogP contribution in [0.4, 0.5) is 0 Å². The van der Waals surface area contributed by atoms with Gasteiger partial charge in [-0.2, -0.15) is 0 Å². The number of aromatic nitrogens is 5. The van der Waals surface area contributed by atoms with E-state index < -0.39 is 0 Å². The van der Waals surface area contributed by atoms with E-state index in [0.29, 0.717) is 27.5 Å². The molecule has 5 aromatic rings. The van der Waals surface area contributed by atoms with Crippen molar-refractivity contribution in [3.8, 4) is 44.7 Å². The molecule has 7 nitrogen and oxygen atoms in total. The summed E-state index contributed by atoms with van der Waals surface area (Å²) in [5, 5.41) is 29.5. The highest BCUT2D eigenvalue weighted by Crippen LogP contribution is 2.31. The van der Waals surface area contributed by atoms with Crippen LogP contribution >= 0.6 is 23.1 Å². The molecule has 0 atom stereocenters. The zero-order chi connectivity index (χ0) is 21.2. The molecule has 9 heteroatoms. The van der Waals surface area contributed by atoms with Gasteiger partial charge in [-0.15, -0.1) is 16.4 Å². The van der Waals surface area contributed by atoms with Crippen LogP contribution in [-0.2, 0) is 0 Å². The summed E-state index contributed by atoms with van der Waals surface area (Å²) in [4.78, 5) is 14.9. The van der Waals surface area contributed by atoms with Crippen LogP contribution in [0.25, 0.3) is 33.2 Å². The van der Waals surface area contributed by atoms with Crippen molar-refractivity contribution in [2.75, 3.05) is 0 Å². The van der Waals surface area contributed by atoms with E-state index in [9.17, 15) is 10.2 Å². The molecule has 0 fully saturated rings. The Bertz CT molecular complexity index is 1250. The molecule has 0 aliphatic rings. The summed E-state index contributed by atoms with van der Waals surface area (Å²) in [5.41, 5.74) is 3.09. The monoisotopic (exact) mass is 445 g/mol. The number of phenolic OH excluding ortho intramolecular Hbond substituents is 2. The first-order valence-electron chi connectivity index (χ1n) is 9.26. The third-order valence-corrected chi connectivity index (χ3v) is 6.04. The van der Waals surface area contributed by atoms with Gasteiger partial charge in [0.25, 0.3) is 0 Å². The third-order valence-electron chi connectivity index (χ3n) is 4.43. The van der Waals surface area contributed by atoms with Crippen molar-refractivity contribution in [2.24, 2.45) is 0 Å². The van der Waals surface area contributed by atoms with Crippen LogP contribution < -0.4 is 0 Å². The average molecular weight is 446 g/mol. The third kappa shape index (κ3) is 4.27. The van der Waals surface area contributed by atoms with Crippen molar-refractivity contribution in [2.45, 2.75) is 10.3 Å². The topological polar surface area (TPSA) is 108 Å². The van der Waals surface area contributed by atoms with Gasteiger partial charge in [-0.3, -0.25) is 5.10 Å². The summed E-state index contributed by atoms with van der Waals surface area (Å²) in [7, 11) is 0. The molecule has 3 aromatic heterocycles. The Balaban J connectivity index is 1.54. The lowest BCUT2D eigenvalue weighted by molar-refractivity contribution is 0.475. The van der Waals surface area contributed by atoms with Gasteiger partial charge in [0.05, 0.1) is 16.3 Å². The smallest absolute Gasteiger partial charge is 0.216 e. The maximum Gasteiger partial charge on any atom is 0.216 e. The maximum atomic E-state index is 9.61. The zero-order valence-electron chi connectivity index (χ0n) is 15.9. The predicted octanol–water partition coefficient (Wildman–Crippen LogP) is 5.22. The van der Waals surface area contributed by atoms with E-state index >= 15 is 0 Å². The fourth-order valence-electron chi connectivity index (χ4n) is 2.93. The fourth-order valence-corrected chi connectivity index (χ4v) is 4.27. The summed E-state index contributed by atoms with van der Waals surface area (Å²) in [6.07, 6.45) is 0. The highest BCUT2D eigenvalue weighted by Gasteiger charge is 2.14. The van der Waals surface area contributed by atoms with Gasteiger partial charge in [-0.1, -0.05) is 6.07 Å². The molecule has 0 aliphatic carbocycles. The van der Waals surface area contributed by atoms with Crippen LogP contribution in [0.1, 0.15) is 0 Å². The molecule has 0 spiro atoms. The van der Waals surface area contributed by atoms with Crippen molar-refractivity contribution in [3.63, 3.8) is 0 Å². The van der Waals surface area contributed by atoms with Crippen molar-refractivity contribution in [1.82, 2.24) is 25.1 Å². The van der Waals surface area contributed by atoms with E-state index in [1.54, 1.807) is 59.9 Å². The molecule has 0 radical (unpaired) electrons. The highest BCUT2D eigenvalue weighted by molar-refractivity contribution is 7.99. The number of nitrogens with zero attached hydrogens (tertiary/aromatic N) is 4. The lowest BCUT2D eigenvalue weighted by Gasteiger charge is -2.08. The number of rotatable bonds is 5. The SMILES string of the molecule is Oc1ccc(-c2cc(-c3ccc(O)cc3)nc(Sc3n[nH]c(-c4cccs4)n3)n2)cc1. The van der Waals surface area contributed by atoms with Crippen molar-refractivity contribution in [1.29, 1.82) is 0 Å². The highest BCUT2D eigenvalue weighted by atomic mass is 32.2. The second-order valence-corrected chi connectivity index (χ2v) is 8.44. The van der Waals surface area contributed by atoms with E-state index in [4.69, 9.17) is 0 Å². The Morgan fingerprint density at radius 3 is 1.90 bits per heavy atom. The number of nitrogens with one attached hydrogen (secondary N) is 1. The molecule has 2 aromatic carbocycles. The van der Waals surface area contributed by atoms with Crippen LogP contribution in [0.3, 0.4) is 0 Å². The summed E-state index contributed by atoms with van der Waals surface area (Å²) in [6.45, 7) is 0. The Morgan fingerprint density at radius 2 is 1.35 bits per heavy atom. The van der Waals surface area contributed by atoms with Crippen LogP contribution in [0, 0.1) is 0 Å². The van der Waals surface area contributed by atoms with Crippen LogP contribution in [-0.4, -0.2) is 35.4 Å². The minimum absolute atomic E-state index is 0.188. The average Bonchev–Trinajstić information content (AvgIpc) is 3.47. The minimum Gasteiger partial charge on any atom is -0.508 e. The van der Waals surface area contributed by atoms with E-state index in [2.05, 4.69) is 25.1 Å². The van der Waals surface area contributed by atoms with Crippen molar-refractivity contribution < 1.29 is 10.2 Å². The number of aromatic hydroxyl groups is 2. The standard InChI is InChI=1S/C22H15N5O2S2/c28-15-7-3-13(4-8-15)17-12-18(14-5-9-16(29)10-6-14)24-21(23-17)31-22-25-20(26-27-22)19-2-1-11-30-19/h1-12,28-29H,(H,25,26,27). The van der Waals surface area contributed by atoms with E-state index in [1.807, 2.05) is 23.6 Å². The van der Waals surface area contributed by atoms with Gasteiger partial charge in [0.1, 0.15) is 11.5 Å². The molecular weight excluding hydrogens is 430 g/mol. The van der Waals surface area contributed by atoms with E-state index in [-0.39, 0.29) is 11.5 Å². The molecule has 5 rings (SSSR count). The van der Waals surface area contributed by atoms with Gasteiger partial charge >= 0.3 is 0 Å². The lowest BCUT2D eigenvalue weighted by atomic mass is 10.1. The second kappa shape index (κ2) is 8.21. The van der Waals surface area contributed by atoms with Gasteiger partial charge in [0, 0.05) is 11.1 Å². The maximum absolute atomic E-state index is 9.61. The summed E-state index contributed by atoms with van der Waals surface area (Å²) >= 11 is 2.84. The molecule has 3 N–H and O–H groups in total. The molecule has 0 aliphatic heterocycles. The largest absolute Gasteiger partial charge is 0.508 e. The fraction of sp³-hybridized carbons (Fsp3) is 0. The molecule has 3 heterocycles. The van der Waals surface area contributed by atoms with Gasteiger partial charge in [-0.25, -0.2) is 15.0 Å². The normalized spacial score (nSPS) is 11.0. The number of benzene rings is 2. The van der Waals surface area contributed by atoms with Crippen LogP contribution in [0.15, 0.2) is 82.4 Å². The summed E-state index contributed by atoms with van der Waals surface area (Å²) in [6, 6.07) is 19.5. The van der Waals surface area contributed by atoms with Gasteiger partial charge < -0.3 is 10.2 Å². The quantitative estimate of drug-likeness (QED) is 0.318. The number of hydrogen-bond acceptors (Lipinski definition) is 8. The first kappa shape index (κ1) is 19.3. The Kier molecular flexibility index (Phi) is 5.11. The zero-order valence-corrected chi connectivity index (χ0v) is 17.6. The molecule has 152 valence electrons. The molecule has 0 saturated heterocycles. The number of hydrogen-bond donors (Lipinski definition) is 3. The molecule has 0 bridgehead atoms. The number of aromatic amines is 1. The Morgan fingerprint density at radius 1 is 0.742 bits per heavy atom. The number of thiophene rings is 1. The molecule has 0 saturated carbocycles. The first-order chi connectivity index (χ1) is 15.1. The first-order valence-corrected chi connectivity index (χ1v) is 11.0. The molecule has 0 amide bonds. The van der Waals surface area contributed by atoms with Crippen molar-refractivity contribution in [3.05, 3.63) is 72.1 Å². The van der Waals surface area contributed by atoms with Crippen molar-refractivity contribution >= 4 is 23.1 Å². The van der Waals surface area contributed by atoms with E-state index in [1.165, 1.54) is 11.8 Å². The van der Waals surface area contributed by atoms with Crippen LogP contribution in [0.5, 0.6) is 11.5 Å². The lowest BCUT2D eigenvalue weighted by Crippen LogP contribution is -1.95. The van der Waals surface area contributed by atoms with Gasteiger partial charge in [0.15, 0.2) is 11.0 Å². The summed E-state index contributed by atoms with van der Waals surface area (Å²) < 4.78 is 0.